The summed E-state index contributed by atoms with van der Waals surface area (Å²) in [5, 5.41) is 5.47. The van der Waals surface area contributed by atoms with Gasteiger partial charge in [0.05, 0.1) is 6.54 Å². The maximum atomic E-state index is 12.0. The Morgan fingerprint density at radius 3 is 2.78 bits per heavy atom. The number of hydrogen-bond donors (Lipinski definition) is 2. The monoisotopic (exact) mass is 276 g/mol. The number of rotatable bonds is 3. The van der Waals surface area contributed by atoms with Crippen LogP contribution in [0.15, 0.2) is 20.5 Å². The molecule has 0 saturated carbocycles. The van der Waals surface area contributed by atoms with E-state index in [4.69, 9.17) is 20.3 Å². The molecular weight excluding hydrogens is 260 g/mol. The third-order valence-electron chi connectivity index (χ3n) is 2.12. The van der Waals surface area contributed by atoms with Crippen molar-refractivity contribution in [1.29, 1.82) is 0 Å². The summed E-state index contributed by atoms with van der Waals surface area (Å²) < 4.78 is 25.6. The number of carbonyl (C=O) groups excluding carboxylic acids is 1. The fraction of sp³-hybridized carbons (Fsp3) is 0.556. The van der Waals surface area contributed by atoms with Crippen LogP contribution >= 0.6 is 0 Å². The summed E-state index contributed by atoms with van der Waals surface area (Å²) in [4.78, 5) is 14.8. The molecule has 1 amide bonds. The Balaban J connectivity index is 3.04. The average Bonchev–Trinajstić information content (AvgIpc) is 2.28. The summed E-state index contributed by atoms with van der Waals surface area (Å²) in [6.45, 7) is 1.71. The molecule has 0 aromatic rings. The molecule has 0 aromatic carbocycles. The number of methoxy groups -OCH3 is 1. The number of carbonyl (C=O) groups is 1. The number of nitrogens with zero attached hydrogens (tertiary/aromatic N) is 2. The van der Waals surface area contributed by atoms with Crippen LogP contribution in [0.1, 0.15) is 6.92 Å². The van der Waals surface area contributed by atoms with Gasteiger partial charge in [-0.25, -0.2) is 14.3 Å². The Kier molecular flexibility index (Phi) is 4.82. The third-order valence-corrected chi connectivity index (χ3v) is 3.59. The number of ether oxygens (including phenoxy) is 2. The van der Waals surface area contributed by atoms with Crippen molar-refractivity contribution in [3.05, 3.63) is 11.1 Å². The van der Waals surface area contributed by atoms with E-state index in [2.05, 4.69) is 9.36 Å². The number of amides is 1. The minimum Gasteiger partial charge on any atom is -0.474 e. The molecular formula is C9H16N4O4S. The molecule has 1 heterocycles. The Hall–Kier alpha value is -1.45. The van der Waals surface area contributed by atoms with Crippen LogP contribution in [0.25, 0.3) is 0 Å². The van der Waals surface area contributed by atoms with Crippen LogP contribution in [0.5, 0.6) is 0 Å². The maximum Gasteiger partial charge on any atom is 0.251 e. The van der Waals surface area contributed by atoms with E-state index in [1.165, 1.54) is 7.11 Å². The molecule has 1 aliphatic rings. The van der Waals surface area contributed by atoms with Crippen molar-refractivity contribution < 1.29 is 18.5 Å². The van der Waals surface area contributed by atoms with E-state index in [0.29, 0.717) is 6.54 Å². The molecule has 1 rings (SSSR count). The van der Waals surface area contributed by atoms with Crippen LogP contribution < -0.4 is 10.9 Å². The zero-order valence-corrected chi connectivity index (χ0v) is 11.0. The van der Waals surface area contributed by atoms with Crippen molar-refractivity contribution >= 4 is 21.7 Å². The molecule has 9 heteroatoms. The molecule has 2 atom stereocenters. The molecule has 8 nitrogen and oxygen atoms in total. The van der Waals surface area contributed by atoms with Crippen LogP contribution in [-0.4, -0.2) is 42.4 Å². The summed E-state index contributed by atoms with van der Waals surface area (Å²) in [5.74, 6) is -0.628. The summed E-state index contributed by atoms with van der Waals surface area (Å²) in [5.41, 5.74) is 5.35. The van der Waals surface area contributed by atoms with Gasteiger partial charge in [-0.2, -0.15) is 0 Å². The zero-order valence-electron chi connectivity index (χ0n) is 10.2. The Labute approximate surface area is 105 Å². The Morgan fingerprint density at radius 1 is 1.72 bits per heavy atom. The number of aliphatic imine (C=N–C) groups is 1. The van der Waals surface area contributed by atoms with Gasteiger partial charge in [0, 0.05) is 20.2 Å². The van der Waals surface area contributed by atoms with Crippen LogP contribution in [0, 0.1) is 0 Å². The lowest BCUT2D eigenvalue weighted by Gasteiger charge is -2.22. The lowest BCUT2D eigenvalue weighted by Crippen LogP contribution is -2.33. The van der Waals surface area contributed by atoms with Gasteiger partial charge in [-0.05, 0) is 0 Å². The normalized spacial score (nSPS) is 23.6. The molecule has 0 bridgehead atoms. The summed E-state index contributed by atoms with van der Waals surface area (Å²) in [6.07, 6.45) is 0.812. The second-order valence-electron chi connectivity index (χ2n) is 3.52. The fourth-order valence-electron chi connectivity index (χ4n) is 1.28. The first-order valence-electron chi connectivity index (χ1n) is 5.08. The fourth-order valence-corrected chi connectivity index (χ4v) is 2.33. The summed E-state index contributed by atoms with van der Waals surface area (Å²) >= 11 is 0. The highest BCUT2D eigenvalue weighted by Gasteiger charge is 2.24. The van der Waals surface area contributed by atoms with E-state index in [0.717, 1.165) is 13.1 Å². The standard InChI is InChI=1S/C9H16N4O4S/c1-6(14)13-18(11,15)8(3-10)9-12-4-7(16-2)5-17-9/h3,7H,4-5,10H2,1-2H3,(H2,11,13,14,15)/b8-3+/t7-,18?/m1/s1. The largest absolute Gasteiger partial charge is 0.474 e. The first-order chi connectivity index (χ1) is 8.40. The maximum absolute atomic E-state index is 12.0. The minimum atomic E-state index is -3.43. The Bertz CT molecular complexity index is 505. The smallest absolute Gasteiger partial charge is 0.251 e. The van der Waals surface area contributed by atoms with Crippen LogP contribution in [0.3, 0.4) is 0 Å². The van der Waals surface area contributed by atoms with Gasteiger partial charge in [0.2, 0.25) is 5.90 Å². The lowest BCUT2D eigenvalue weighted by atomic mass is 10.3. The highest BCUT2D eigenvalue weighted by atomic mass is 32.2. The topological polar surface area (TPSA) is 129 Å². The van der Waals surface area contributed by atoms with E-state index >= 15 is 0 Å². The molecule has 0 aliphatic carbocycles. The molecule has 102 valence electrons. The van der Waals surface area contributed by atoms with Gasteiger partial charge in [0.25, 0.3) is 5.91 Å². The molecule has 4 N–H and O–H groups in total. The summed E-state index contributed by atoms with van der Waals surface area (Å²) in [6, 6.07) is 0. The SMILES string of the molecule is CO[C@@H]1CN=C(/C(=C\N)S(N)(=O)=NC(C)=O)OC1. The second-order valence-corrected chi connectivity index (χ2v) is 5.28. The third kappa shape index (κ3) is 3.52. The first kappa shape index (κ1) is 14.6. The van der Waals surface area contributed by atoms with Crippen molar-refractivity contribution in [2.75, 3.05) is 20.3 Å². The molecule has 0 saturated heterocycles. The first-order valence-corrected chi connectivity index (χ1v) is 6.66. The van der Waals surface area contributed by atoms with Gasteiger partial charge >= 0.3 is 0 Å². The quantitative estimate of drug-likeness (QED) is 0.691. The molecule has 0 fully saturated rings. The van der Waals surface area contributed by atoms with Gasteiger partial charge in [-0.1, -0.05) is 0 Å². The highest BCUT2D eigenvalue weighted by molar-refractivity contribution is 7.96. The van der Waals surface area contributed by atoms with Crippen molar-refractivity contribution in [1.82, 2.24) is 0 Å². The van der Waals surface area contributed by atoms with E-state index < -0.39 is 15.8 Å². The van der Waals surface area contributed by atoms with Gasteiger partial charge < -0.3 is 15.2 Å². The molecule has 1 aliphatic heterocycles. The van der Waals surface area contributed by atoms with E-state index in [1.54, 1.807) is 0 Å². The van der Waals surface area contributed by atoms with Crippen molar-refractivity contribution in [3.8, 4) is 0 Å². The van der Waals surface area contributed by atoms with E-state index in [1.807, 2.05) is 0 Å². The van der Waals surface area contributed by atoms with Crippen molar-refractivity contribution in [3.63, 3.8) is 0 Å². The predicted octanol–water partition coefficient (Wildman–Crippen LogP) is -0.882. The van der Waals surface area contributed by atoms with Crippen molar-refractivity contribution in [2.45, 2.75) is 13.0 Å². The van der Waals surface area contributed by atoms with Gasteiger partial charge in [-0.15, -0.1) is 4.36 Å². The van der Waals surface area contributed by atoms with Gasteiger partial charge in [0.15, 0.2) is 0 Å². The number of nitrogens with two attached hydrogens (primary N) is 2. The lowest BCUT2D eigenvalue weighted by molar-refractivity contribution is -0.115. The van der Waals surface area contributed by atoms with Gasteiger partial charge in [0.1, 0.15) is 27.5 Å². The van der Waals surface area contributed by atoms with Crippen LogP contribution in [0.4, 0.5) is 0 Å². The molecule has 18 heavy (non-hydrogen) atoms. The van der Waals surface area contributed by atoms with Crippen LogP contribution in [0.2, 0.25) is 0 Å². The molecule has 0 radical (unpaired) electrons. The number of hydrogen-bond acceptors (Lipinski definition) is 6. The average molecular weight is 276 g/mol. The Morgan fingerprint density at radius 2 is 2.39 bits per heavy atom. The molecule has 0 aromatic heterocycles. The second kappa shape index (κ2) is 5.94. The van der Waals surface area contributed by atoms with Gasteiger partial charge in [-0.3, -0.25) is 4.79 Å². The van der Waals surface area contributed by atoms with E-state index in [9.17, 15) is 9.00 Å². The molecule has 1 unspecified atom stereocenters. The highest BCUT2D eigenvalue weighted by Crippen LogP contribution is 2.13. The minimum absolute atomic E-state index is 0.0308. The van der Waals surface area contributed by atoms with E-state index in [-0.39, 0.29) is 23.5 Å². The summed E-state index contributed by atoms with van der Waals surface area (Å²) in [7, 11) is -1.90. The molecule has 0 spiro atoms. The predicted molar refractivity (Wildman–Crippen MR) is 66.8 cm³/mol. The van der Waals surface area contributed by atoms with Crippen LogP contribution in [-0.2, 0) is 24.2 Å². The zero-order chi connectivity index (χ0) is 13.8. The van der Waals surface area contributed by atoms with Crippen molar-refractivity contribution in [2.24, 2.45) is 20.2 Å².